The van der Waals surface area contributed by atoms with Crippen LogP contribution >= 0.6 is 11.6 Å². The summed E-state index contributed by atoms with van der Waals surface area (Å²) in [6.07, 6.45) is 0.819. The van der Waals surface area contributed by atoms with Crippen LogP contribution in [0, 0.1) is 5.92 Å². The molecule has 1 fully saturated rings. The maximum Gasteiger partial charge on any atom is 0.279 e. The first kappa shape index (κ1) is 35.7. The van der Waals surface area contributed by atoms with Crippen molar-refractivity contribution in [2.45, 2.75) is 56.8 Å². The van der Waals surface area contributed by atoms with Crippen LogP contribution in [0.3, 0.4) is 0 Å². The van der Waals surface area contributed by atoms with Crippen LogP contribution in [0.25, 0.3) is 16.5 Å². The SMILES string of the molecule is C[C@@H]1[C@@H]([Si](C)(C)O)[C@H](CC(=O)N(CCO)Cc2ccccc2)O[C@@]12C(=O)N(Cc1cccc(-n3ncc4ccccc4c3=O)c1)c1ccc(Cl)cc12. The summed E-state index contributed by atoms with van der Waals surface area (Å²) >= 11 is 6.58. The van der Waals surface area contributed by atoms with E-state index in [1.807, 2.05) is 86.7 Å². The Morgan fingerprint density at radius 2 is 1.71 bits per heavy atom. The minimum Gasteiger partial charge on any atom is -0.432 e. The lowest BCUT2D eigenvalue weighted by Gasteiger charge is -2.32. The molecule has 1 saturated heterocycles. The molecule has 7 rings (SSSR count). The predicted octanol–water partition coefficient (Wildman–Crippen LogP) is 5.79. The first-order valence-corrected chi connectivity index (χ1v) is 20.8. The molecule has 4 aromatic carbocycles. The quantitative estimate of drug-likeness (QED) is 0.174. The molecule has 2 amide bonds. The number of aromatic nitrogens is 2. The van der Waals surface area contributed by atoms with Gasteiger partial charge in [-0.05, 0) is 60.6 Å². The number of hydrogen-bond acceptors (Lipinski definition) is 7. The van der Waals surface area contributed by atoms with E-state index < -0.39 is 31.5 Å². The molecule has 2 N–H and O–H groups in total. The Kier molecular flexibility index (Phi) is 9.66. The molecule has 1 spiro atoms. The Balaban J connectivity index is 1.22. The molecule has 0 aliphatic carbocycles. The van der Waals surface area contributed by atoms with Crippen molar-refractivity contribution < 1.29 is 24.2 Å². The van der Waals surface area contributed by atoms with Gasteiger partial charge in [-0.15, -0.1) is 0 Å². The van der Waals surface area contributed by atoms with Gasteiger partial charge in [0.25, 0.3) is 11.5 Å². The van der Waals surface area contributed by atoms with Gasteiger partial charge in [0.15, 0.2) is 13.9 Å². The van der Waals surface area contributed by atoms with Gasteiger partial charge in [-0.3, -0.25) is 14.4 Å². The van der Waals surface area contributed by atoms with Gasteiger partial charge in [0.2, 0.25) is 5.91 Å². The third kappa shape index (κ3) is 6.37. The Labute approximate surface area is 308 Å². The molecule has 52 heavy (non-hydrogen) atoms. The standard InChI is InChI=1S/C40H41ClN4O6Si/c1-26-37(52(2,3)50)35(22-36(47)43(18-19-46)24-27-10-5-4-6-11-27)51-40(26)33-21-30(41)16-17-34(33)44(39(40)49)25-28-12-9-14-31(20-28)45-38(48)32-15-8-7-13-29(32)23-42-45/h4-17,20-21,23,26,35,37,46,50H,18-19,22,24-25H2,1-3H3/t26-,35+,37-,40+/m1/s1. The molecule has 5 aromatic rings. The van der Waals surface area contributed by atoms with E-state index in [2.05, 4.69) is 5.10 Å². The van der Waals surface area contributed by atoms with Crippen molar-refractivity contribution in [1.29, 1.82) is 0 Å². The zero-order valence-corrected chi connectivity index (χ0v) is 31.0. The van der Waals surface area contributed by atoms with Crippen molar-refractivity contribution in [3.63, 3.8) is 0 Å². The molecule has 12 heteroatoms. The van der Waals surface area contributed by atoms with Gasteiger partial charge in [0.1, 0.15) is 0 Å². The number of halogens is 1. The van der Waals surface area contributed by atoms with E-state index in [1.165, 1.54) is 4.68 Å². The van der Waals surface area contributed by atoms with Crippen LogP contribution in [0.15, 0.2) is 108 Å². The van der Waals surface area contributed by atoms with Crippen molar-refractivity contribution in [1.82, 2.24) is 14.7 Å². The fraction of sp³-hybridized carbons (Fsp3) is 0.300. The third-order valence-corrected chi connectivity index (χ3v) is 13.2. The molecule has 3 heterocycles. The molecule has 10 nitrogen and oxygen atoms in total. The number of aliphatic hydroxyl groups excluding tert-OH is 1. The van der Waals surface area contributed by atoms with Crippen LogP contribution in [-0.4, -0.2) is 64.0 Å². The highest BCUT2D eigenvalue weighted by Crippen LogP contribution is 2.60. The number of benzene rings is 4. The summed E-state index contributed by atoms with van der Waals surface area (Å²) in [4.78, 5) is 57.2. The number of ether oxygens (including phenoxy) is 1. The van der Waals surface area contributed by atoms with Gasteiger partial charge in [0, 0.05) is 40.5 Å². The molecule has 0 radical (unpaired) electrons. The number of amides is 2. The number of hydrogen-bond donors (Lipinski definition) is 2. The molecule has 1 aromatic heterocycles. The summed E-state index contributed by atoms with van der Waals surface area (Å²) in [5.74, 6) is -1.05. The van der Waals surface area contributed by atoms with Crippen LogP contribution in [0.2, 0.25) is 23.7 Å². The van der Waals surface area contributed by atoms with Crippen molar-refractivity contribution in [2.24, 2.45) is 5.92 Å². The lowest BCUT2D eigenvalue weighted by molar-refractivity contribution is -0.150. The van der Waals surface area contributed by atoms with Crippen molar-refractivity contribution >= 4 is 48.2 Å². The molecular weight excluding hydrogens is 696 g/mol. The minimum absolute atomic E-state index is 0.0701. The Hall–Kier alpha value is -4.65. The summed E-state index contributed by atoms with van der Waals surface area (Å²) in [6.45, 7) is 5.94. The lowest BCUT2D eigenvalue weighted by Crippen LogP contribution is -2.46. The maximum absolute atomic E-state index is 14.9. The average molecular weight is 737 g/mol. The molecule has 4 atom stereocenters. The van der Waals surface area contributed by atoms with Crippen molar-refractivity contribution in [2.75, 3.05) is 18.1 Å². The van der Waals surface area contributed by atoms with E-state index in [1.54, 1.807) is 46.3 Å². The van der Waals surface area contributed by atoms with E-state index in [0.29, 0.717) is 33.9 Å². The number of anilines is 1. The topological polar surface area (TPSA) is 125 Å². The van der Waals surface area contributed by atoms with Crippen LogP contribution in [0.1, 0.15) is 30.0 Å². The molecule has 2 aliphatic heterocycles. The summed E-state index contributed by atoms with van der Waals surface area (Å²) in [6, 6.07) is 29.5. The highest BCUT2D eigenvalue weighted by Gasteiger charge is 2.66. The predicted molar refractivity (Wildman–Crippen MR) is 203 cm³/mol. The van der Waals surface area contributed by atoms with Crippen LogP contribution in [-0.2, 0) is 33.0 Å². The van der Waals surface area contributed by atoms with Crippen LogP contribution in [0.5, 0.6) is 0 Å². The van der Waals surface area contributed by atoms with E-state index in [9.17, 15) is 24.3 Å². The smallest absolute Gasteiger partial charge is 0.279 e. The van der Waals surface area contributed by atoms with Gasteiger partial charge < -0.3 is 24.4 Å². The first-order chi connectivity index (χ1) is 24.9. The normalized spacial score (nSPS) is 21.2. The Morgan fingerprint density at radius 3 is 2.46 bits per heavy atom. The maximum atomic E-state index is 14.9. The zero-order chi connectivity index (χ0) is 36.8. The fourth-order valence-electron chi connectivity index (χ4n) is 8.17. The van der Waals surface area contributed by atoms with Crippen molar-refractivity contribution in [3.05, 3.63) is 135 Å². The zero-order valence-electron chi connectivity index (χ0n) is 29.3. The van der Waals surface area contributed by atoms with Crippen LogP contribution < -0.4 is 10.5 Å². The van der Waals surface area contributed by atoms with E-state index >= 15 is 0 Å². The summed E-state index contributed by atoms with van der Waals surface area (Å²) in [5, 5.41) is 16.0. The Morgan fingerprint density at radius 1 is 0.981 bits per heavy atom. The van der Waals surface area contributed by atoms with E-state index in [-0.39, 0.29) is 43.5 Å². The number of nitrogens with zero attached hydrogens (tertiary/aromatic N) is 4. The monoisotopic (exact) mass is 736 g/mol. The van der Waals surface area contributed by atoms with E-state index in [4.69, 9.17) is 16.3 Å². The Bertz CT molecular complexity index is 2210. The van der Waals surface area contributed by atoms with Gasteiger partial charge in [-0.2, -0.15) is 9.78 Å². The largest absolute Gasteiger partial charge is 0.432 e. The van der Waals surface area contributed by atoms with Gasteiger partial charge in [-0.1, -0.05) is 79.2 Å². The van der Waals surface area contributed by atoms with Crippen molar-refractivity contribution in [3.8, 4) is 5.69 Å². The van der Waals surface area contributed by atoms with Gasteiger partial charge in [-0.25, -0.2) is 0 Å². The van der Waals surface area contributed by atoms with E-state index in [0.717, 1.165) is 16.5 Å². The molecule has 0 bridgehead atoms. The first-order valence-electron chi connectivity index (χ1n) is 17.4. The summed E-state index contributed by atoms with van der Waals surface area (Å²) < 4.78 is 8.24. The van der Waals surface area contributed by atoms with Gasteiger partial charge >= 0.3 is 0 Å². The number of rotatable bonds is 10. The summed E-state index contributed by atoms with van der Waals surface area (Å²) in [5.41, 5.74) is 1.24. The molecule has 268 valence electrons. The van der Waals surface area contributed by atoms with Gasteiger partial charge in [0.05, 0.1) is 48.6 Å². The third-order valence-electron chi connectivity index (χ3n) is 10.5. The second kappa shape index (κ2) is 14.1. The lowest BCUT2D eigenvalue weighted by atomic mass is 9.82. The molecule has 2 aliphatic rings. The second-order valence-corrected chi connectivity index (χ2v) is 18.7. The average Bonchev–Trinajstić information content (AvgIpc) is 3.54. The molecule has 0 saturated carbocycles. The minimum atomic E-state index is -3.06. The number of carbonyl (C=O) groups is 2. The highest BCUT2D eigenvalue weighted by atomic mass is 35.5. The summed E-state index contributed by atoms with van der Waals surface area (Å²) in [7, 11) is -3.06. The molecule has 0 unspecified atom stereocenters. The second-order valence-electron chi connectivity index (χ2n) is 14.3. The fourth-order valence-corrected chi connectivity index (χ4v) is 10.9. The van der Waals surface area contributed by atoms with Crippen LogP contribution in [0.4, 0.5) is 5.69 Å². The highest BCUT2D eigenvalue weighted by molar-refractivity contribution is 6.71. The number of fused-ring (bicyclic) bond motifs is 3. The number of aliphatic hydroxyl groups is 1. The number of carbonyl (C=O) groups excluding carboxylic acids is 2. The molecular formula is C40H41ClN4O6Si.